The molecule has 1 aliphatic carbocycles. The molecule has 17 rings (SSSR count). The van der Waals surface area contributed by atoms with E-state index in [1.807, 2.05) is 102 Å². The molecule has 5 aliphatic rings. The number of H-pyrrole nitrogens is 1. The number of pyridine rings is 9. The number of ether oxygens (including phenoxy) is 4. The van der Waals surface area contributed by atoms with Gasteiger partial charge in [-0.1, -0.05) is 90.9 Å². The van der Waals surface area contributed by atoms with Gasteiger partial charge in [0, 0.05) is 104 Å². The Bertz CT molecular complexity index is 7510. The van der Waals surface area contributed by atoms with Crippen molar-refractivity contribution >= 4 is 104 Å². The molecule has 13 heterocycles. The average Bonchev–Trinajstić information content (AvgIpc) is 1.60. The molecule has 3 atom stereocenters. The summed E-state index contributed by atoms with van der Waals surface area (Å²) in [7, 11) is -17.2. The van der Waals surface area contributed by atoms with Gasteiger partial charge in [-0.25, -0.2) is 71.6 Å². The molecule has 1 spiro atoms. The summed E-state index contributed by atoms with van der Waals surface area (Å²) in [5.74, 6) is 4.59. The van der Waals surface area contributed by atoms with E-state index in [1.54, 1.807) is 60.8 Å². The first-order chi connectivity index (χ1) is 71.4. The lowest BCUT2D eigenvalue weighted by Gasteiger charge is -2.35. The molecule has 0 bridgehead atoms. The zero-order chi connectivity index (χ0) is 108. The number of hydrogen-bond donors (Lipinski definition) is 8. The van der Waals surface area contributed by atoms with Gasteiger partial charge in [0.1, 0.15) is 63.8 Å². The van der Waals surface area contributed by atoms with E-state index in [2.05, 4.69) is 98.4 Å². The molecule has 1 unspecified atom stereocenters. The lowest BCUT2D eigenvalue weighted by atomic mass is 9.94. The maximum absolute atomic E-state index is 14.5. The molecule has 11 N–H and O–H groups in total. The fourth-order valence-electron chi connectivity index (χ4n) is 17.4. The number of hydrogen-bond acceptors (Lipinski definition) is 32. The number of anilines is 7. The zero-order valence-corrected chi connectivity index (χ0v) is 88.6. The number of aromatic amines is 1. The number of amides is 4. The highest BCUT2D eigenvalue weighted by Gasteiger charge is 2.47. The van der Waals surface area contributed by atoms with E-state index in [9.17, 15) is 62.0 Å². The van der Waals surface area contributed by atoms with Crippen molar-refractivity contribution in [3.63, 3.8) is 0 Å². The molecular formula is C108H125FN20O17S4. The van der Waals surface area contributed by atoms with E-state index < -0.39 is 80.0 Å². The van der Waals surface area contributed by atoms with Gasteiger partial charge in [-0.05, 0) is 261 Å². The number of carbonyl (C=O) groups excluding carboxylic acids is 4. The first-order valence-corrected chi connectivity index (χ1v) is 55.5. The Kier molecular flexibility index (Phi) is 35.6. The summed E-state index contributed by atoms with van der Waals surface area (Å²) in [6.45, 7) is 28.0. The van der Waals surface area contributed by atoms with Crippen LogP contribution in [-0.4, -0.2) is 179 Å². The molecule has 3 aromatic carbocycles. The summed E-state index contributed by atoms with van der Waals surface area (Å²) in [6, 6.07) is 51.5. The van der Waals surface area contributed by atoms with Crippen LogP contribution in [0, 0.1) is 53.2 Å². The summed E-state index contributed by atoms with van der Waals surface area (Å²) in [6.07, 6.45) is 18.3. The number of aromatic nitrogens is 9. The monoisotopic (exact) mass is 2120 g/mol. The molecule has 12 aromatic rings. The third kappa shape index (κ3) is 28.8. The van der Waals surface area contributed by atoms with Gasteiger partial charge in [0.15, 0.2) is 20.0 Å². The Morgan fingerprint density at radius 1 is 0.453 bits per heavy atom. The second-order valence-corrected chi connectivity index (χ2v) is 45.8. The maximum Gasteiger partial charge on any atom is 0.281 e. The van der Waals surface area contributed by atoms with Gasteiger partial charge in [-0.2, -0.15) is 25.3 Å². The Labute approximate surface area is 873 Å². The van der Waals surface area contributed by atoms with E-state index in [0.29, 0.717) is 139 Å². The number of carbonyl (C=O) groups is 4. The van der Waals surface area contributed by atoms with Crippen LogP contribution in [-0.2, 0) is 40.1 Å². The number of nitrogens with one attached hydrogen (secondary N) is 5. The minimum absolute atomic E-state index is 0.00974. The van der Waals surface area contributed by atoms with Crippen LogP contribution in [0.5, 0.6) is 23.1 Å². The molecule has 5 fully saturated rings. The molecule has 1 saturated carbocycles. The van der Waals surface area contributed by atoms with Gasteiger partial charge >= 0.3 is 0 Å². The van der Waals surface area contributed by atoms with Crippen LogP contribution in [0.25, 0.3) is 45.0 Å². The highest BCUT2D eigenvalue weighted by Crippen LogP contribution is 2.53. The van der Waals surface area contributed by atoms with Gasteiger partial charge in [-0.15, -0.1) is 12.3 Å². The number of nitrogens with zero attached hydrogens (tertiary/aromatic N) is 12. The molecule has 9 aromatic heterocycles. The van der Waals surface area contributed by atoms with Crippen LogP contribution in [0.1, 0.15) is 182 Å². The molecule has 4 aliphatic heterocycles. The normalized spacial score (nSPS) is 16.1. The molecule has 150 heavy (non-hydrogen) atoms. The van der Waals surface area contributed by atoms with Crippen molar-refractivity contribution in [2.45, 2.75) is 179 Å². The summed E-state index contributed by atoms with van der Waals surface area (Å²) in [4.78, 5) is 110. The molecule has 0 radical (unpaired) electrons. The van der Waals surface area contributed by atoms with Crippen molar-refractivity contribution in [3.05, 3.63) is 245 Å². The van der Waals surface area contributed by atoms with Crippen LogP contribution in [0.2, 0.25) is 0 Å². The SMILES string of the molecule is C#CC1CCCN(c2nc(-c3ccc(OC(C)C)nc3)ccc2C(=O)NS(=O)(=O)c2cccc(N)n2)C1.CC(C)COc1cc(F)cc(-c2ccc(C(=O)NS(=O)(=O)c3cccc(N)n3)c(N3CCCC4(CC4)C3)n2)c1.CC(C)COc1cccc(-c2ccc(C(=O)NS(=O)(=O)c3ccc[nH]c3=O)c(N3CCC(C)CC3)n2)c1.CC(C)COc1cccc(-c2ccc(C(=O)NS(=O)(=O)c3cccc(N)n3)c(N3[C@H](C)CC[C@@H]3C)n2)c1. The number of halogens is 1. The summed E-state index contributed by atoms with van der Waals surface area (Å²) >= 11 is 0. The van der Waals surface area contributed by atoms with Gasteiger partial charge in [0.2, 0.25) is 5.88 Å². The quantitative estimate of drug-likeness (QED) is 0.0187. The van der Waals surface area contributed by atoms with Crippen molar-refractivity contribution in [1.29, 1.82) is 0 Å². The van der Waals surface area contributed by atoms with E-state index in [0.717, 1.165) is 99.4 Å². The smallest absolute Gasteiger partial charge is 0.281 e. The number of nitrogen functional groups attached to an aromatic ring is 3. The minimum atomic E-state index is -4.38. The molecule has 37 nitrogen and oxygen atoms in total. The number of piperidine rings is 3. The number of benzene rings is 3. The highest BCUT2D eigenvalue weighted by atomic mass is 32.2. The first-order valence-electron chi connectivity index (χ1n) is 49.6. The Morgan fingerprint density at radius 2 is 0.880 bits per heavy atom. The van der Waals surface area contributed by atoms with Crippen molar-refractivity contribution in [1.82, 2.24) is 63.7 Å². The number of sulfonamides is 4. The van der Waals surface area contributed by atoms with Crippen LogP contribution in [0.3, 0.4) is 0 Å². The number of terminal acetylenes is 1. The van der Waals surface area contributed by atoms with Gasteiger partial charge < -0.3 is 60.7 Å². The first kappa shape index (κ1) is 110. The number of rotatable bonds is 31. The summed E-state index contributed by atoms with van der Waals surface area (Å²) in [5.41, 5.74) is 22.0. The molecule has 4 saturated heterocycles. The van der Waals surface area contributed by atoms with Crippen molar-refractivity contribution in [2.24, 2.45) is 35.0 Å². The summed E-state index contributed by atoms with van der Waals surface area (Å²) in [5, 5.41) is -1.04. The largest absolute Gasteiger partial charge is 0.493 e. The Morgan fingerprint density at radius 3 is 1.33 bits per heavy atom. The third-order valence-corrected chi connectivity index (χ3v) is 30.3. The predicted octanol–water partition coefficient (Wildman–Crippen LogP) is 15.4. The Balaban J connectivity index is 0.000000157. The topological polar surface area (TPSA) is 517 Å². The molecule has 42 heteroatoms. The second-order valence-electron chi connectivity index (χ2n) is 39.3. The Hall–Kier alpha value is -15.2. The minimum Gasteiger partial charge on any atom is -0.493 e. The maximum atomic E-state index is 14.5. The van der Waals surface area contributed by atoms with E-state index >= 15 is 0 Å². The molecule has 790 valence electrons. The van der Waals surface area contributed by atoms with Crippen LogP contribution in [0.15, 0.2) is 231 Å². The third-order valence-electron chi connectivity index (χ3n) is 25.2. The van der Waals surface area contributed by atoms with Gasteiger partial charge in [-0.3, -0.25) is 24.0 Å². The fraction of sp³-hybridized carbons (Fsp3) is 0.361. The van der Waals surface area contributed by atoms with Crippen molar-refractivity contribution < 1.29 is 76.2 Å². The van der Waals surface area contributed by atoms with Crippen LogP contribution < -0.4 is 80.2 Å². The lowest BCUT2D eigenvalue weighted by molar-refractivity contribution is 0.0972. The fourth-order valence-corrected chi connectivity index (χ4v) is 21.2. The van der Waals surface area contributed by atoms with Crippen LogP contribution >= 0.6 is 0 Å². The standard InChI is InChI=1S/C28H32FN5O4S.C27H33N5O4S.C27H32N4O5S.C26H28N6O4S/c1-18(2)16-38-21-14-19(13-20(29)15-21)23-8-7-22(26(31-23)34-12-4-9-28(17-34)10-11-28)27(35)33-39(36,37)25-6-3-5-24(30)32-25;1-17(2)16-36-21-8-5-7-20(15-21)23-14-13-22(26(29-23)32-18(3)11-12-19(32)4)27(33)31-37(34,35)25-10-6-9-24(28)30-25;1-18(2)17-36-21-7-4-6-20(16-21)23-10-9-22(25(29-23)31-14-11-19(3)12-15-31)26(32)30-37(34,35)24-8-5-13-28-27(24)33;1-4-18-7-6-14-32(16-18)25-20(26(33)31-37(34,35)24-9-5-8-22(27)30-24)11-12-21(29-25)19-10-13-23(28-15-19)36-17(2)3/h3,5-8,13-15,18H,4,9-12,16-17H2,1-2H3,(H2,30,32)(H,33,35);5-10,13-15,17-19H,11-12,16H2,1-4H3,(H2,28,30)(H,31,33);4-10,13,16,18-19H,11-12,14-15,17H2,1-3H3,(H,28,33)(H,30,32);1,5,8-13,15,17-18H,6-7,14,16H2,2-3H3,(H2,27,30)(H,31,33)/t;18-,19+;;. The van der Waals surface area contributed by atoms with E-state index in [4.69, 9.17) is 62.5 Å². The zero-order valence-electron chi connectivity index (χ0n) is 85.3. The average molecular weight is 2120 g/mol. The lowest BCUT2D eigenvalue weighted by Crippen LogP contribution is -2.39. The predicted molar refractivity (Wildman–Crippen MR) is 573 cm³/mol. The van der Waals surface area contributed by atoms with Gasteiger partial charge in [0.25, 0.3) is 69.3 Å². The molecule has 4 amide bonds. The van der Waals surface area contributed by atoms with E-state index in [-0.39, 0.29) is 90.2 Å². The van der Waals surface area contributed by atoms with Gasteiger partial charge in [0.05, 0.1) is 71.0 Å². The number of nitrogens with two attached hydrogens (primary N) is 3. The van der Waals surface area contributed by atoms with Crippen molar-refractivity contribution in [2.75, 3.05) is 95.9 Å². The molecular weight excluding hydrogens is 2000 g/mol. The van der Waals surface area contributed by atoms with E-state index in [1.165, 1.54) is 85.1 Å². The van der Waals surface area contributed by atoms with Crippen LogP contribution in [0.4, 0.5) is 45.1 Å². The van der Waals surface area contributed by atoms with Crippen molar-refractivity contribution in [3.8, 4) is 80.5 Å². The second kappa shape index (κ2) is 48.4. The summed E-state index contributed by atoms with van der Waals surface area (Å²) < 4.78 is 149. The highest BCUT2D eigenvalue weighted by molar-refractivity contribution is 7.91.